The predicted octanol–water partition coefficient (Wildman–Crippen LogP) is 5.81. The molecule has 6 rings (SSSR count). The third-order valence-electron chi connectivity index (χ3n) is 8.19. The number of hydrogen-bond donors (Lipinski definition) is 1. The summed E-state index contributed by atoms with van der Waals surface area (Å²) in [6.07, 6.45) is 7.26. The number of H-pyrrole nitrogens is 1. The van der Waals surface area contributed by atoms with Crippen LogP contribution in [0.2, 0.25) is 5.02 Å². The van der Waals surface area contributed by atoms with Gasteiger partial charge in [0, 0.05) is 36.5 Å². The topological polar surface area (TPSA) is 39.3 Å². The number of likely N-dealkylation sites (tertiary alicyclic amines) is 1. The van der Waals surface area contributed by atoms with Crippen molar-refractivity contribution in [3.8, 4) is 0 Å². The molecule has 3 aliphatic rings. The summed E-state index contributed by atoms with van der Waals surface area (Å²) in [5, 5.41) is 2.09. The zero-order valence-electron chi connectivity index (χ0n) is 19.6. The van der Waals surface area contributed by atoms with Crippen LogP contribution in [0.1, 0.15) is 61.3 Å². The van der Waals surface area contributed by atoms with Crippen molar-refractivity contribution in [2.45, 2.75) is 57.3 Å². The summed E-state index contributed by atoms with van der Waals surface area (Å²) in [6.45, 7) is 8.69. The molecule has 1 amide bonds. The number of carbonyl (C=O) groups is 1. The lowest BCUT2D eigenvalue weighted by Crippen LogP contribution is -2.40. The summed E-state index contributed by atoms with van der Waals surface area (Å²) < 4.78 is 0. The SMILES string of the molecule is CC1(C)CC(=O)N2CCc3cc(CCN4CCC(c5c[nH]c6c(Cl)cccc56)CC4)cc1c32. The number of para-hydroxylation sites is 1. The first kappa shape index (κ1) is 21.2. The molecule has 0 radical (unpaired) electrons. The van der Waals surface area contributed by atoms with Gasteiger partial charge in [-0.25, -0.2) is 0 Å². The summed E-state index contributed by atoms with van der Waals surface area (Å²) in [4.78, 5) is 20.6. The third kappa shape index (κ3) is 3.59. The Morgan fingerprint density at radius 3 is 2.79 bits per heavy atom. The molecule has 1 aromatic heterocycles. The highest BCUT2D eigenvalue weighted by Crippen LogP contribution is 2.45. The molecule has 1 saturated heterocycles. The second-order valence-electron chi connectivity index (χ2n) is 10.8. The number of aromatic amines is 1. The van der Waals surface area contributed by atoms with Gasteiger partial charge in [0.25, 0.3) is 0 Å². The summed E-state index contributed by atoms with van der Waals surface area (Å²) >= 11 is 6.37. The largest absolute Gasteiger partial charge is 0.360 e. The van der Waals surface area contributed by atoms with Crippen molar-refractivity contribution < 1.29 is 4.79 Å². The zero-order chi connectivity index (χ0) is 22.7. The van der Waals surface area contributed by atoms with Crippen LogP contribution in [-0.2, 0) is 23.1 Å². The summed E-state index contributed by atoms with van der Waals surface area (Å²) in [6, 6.07) is 11.0. The van der Waals surface area contributed by atoms with E-state index in [2.05, 4.69) is 54.2 Å². The van der Waals surface area contributed by atoms with E-state index < -0.39 is 0 Å². The molecular formula is C28H32ClN3O. The van der Waals surface area contributed by atoms with Gasteiger partial charge in [-0.3, -0.25) is 4.79 Å². The number of carbonyl (C=O) groups excluding carboxylic acids is 1. The van der Waals surface area contributed by atoms with Gasteiger partial charge in [0.2, 0.25) is 5.91 Å². The fraction of sp³-hybridized carbons (Fsp3) is 0.464. The van der Waals surface area contributed by atoms with Gasteiger partial charge in [0.1, 0.15) is 0 Å². The van der Waals surface area contributed by atoms with Crippen LogP contribution in [-0.4, -0.2) is 42.0 Å². The smallest absolute Gasteiger partial charge is 0.227 e. The highest BCUT2D eigenvalue weighted by molar-refractivity contribution is 6.35. The normalized spacial score (nSPS) is 20.6. The van der Waals surface area contributed by atoms with Crippen molar-refractivity contribution in [3.63, 3.8) is 0 Å². The van der Waals surface area contributed by atoms with E-state index >= 15 is 0 Å². The average Bonchev–Trinajstić information content (AvgIpc) is 3.42. The lowest BCUT2D eigenvalue weighted by molar-refractivity contribution is -0.120. The fourth-order valence-corrected chi connectivity index (χ4v) is 6.55. The molecule has 1 N–H and O–H groups in total. The maximum Gasteiger partial charge on any atom is 0.227 e. The Hall–Kier alpha value is -2.30. The molecule has 33 heavy (non-hydrogen) atoms. The van der Waals surface area contributed by atoms with Gasteiger partial charge >= 0.3 is 0 Å². The minimum Gasteiger partial charge on any atom is -0.360 e. The molecule has 4 heterocycles. The highest BCUT2D eigenvalue weighted by atomic mass is 35.5. The van der Waals surface area contributed by atoms with Gasteiger partial charge in [-0.15, -0.1) is 0 Å². The van der Waals surface area contributed by atoms with Crippen LogP contribution < -0.4 is 4.90 Å². The lowest BCUT2D eigenvalue weighted by atomic mass is 9.76. The molecule has 0 saturated carbocycles. The molecule has 5 heteroatoms. The fourth-order valence-electron chi connectivity index (χ4n) is 6.32. The monoisotopic (exact) mass is 461 g/mol. The maximum absolute atomic E-state index is 12.6. The Kier molecular flexibility index (Phi) is 5.08. The van der Waals surface area contributed by atoms with Crippen molar-refractivity contribution >= 4 is 34.1 Å². The summed E-state index contributed by atoms with van der Waals surface area (Å²) in [5.41, 5.74) is 7.83. The van der Waals surface area contributed by atoms with E-state index in [-0.39, 0.29) is 5.41 Å². The van der Waals surface area contributed by atoms with E-state index in [4.69, 9.17) is 11.6 Å². The van der Waals surface area contributed by atoms with E-state index in [1.807, 2.05) is 11.0 Å². The van der Waals surface area contributed by atoms with E-state index in [0.29, 0.717) is 18.2 Å². The molecule has 1 fully saturated rings. The van der Waals surface area contributed by atoms with Crippen molar-refractivity contribution in [2.75, 3.05) is 31.1 Å². The van der Waals surface area contributed by atoms with Gasteiger partial charge in [0.05, 0.1) is 16.2 Å². The number of benzene rings is 2. The number of fused-ring (bicyclic) bond motifs is 1. The maximum atomic E-state index is 12.6. The molecule has 0 unspecified atom stereocenters. The Labute approximate surface area is 200 Å². The minimum atomic E-state index is -0.0708. The molecule has 0 atom stereocenters. The van der Waals surface area contributed by atoms with E-state index in [0.717, 1.165) is 49.6 Å². The molecule has 2 aromatic carbocycles. The quantitative estimate of drug-likeness (QED) is 0.532. The number of piperidine rings is 1. The number of hydrogen-bond acceptors (Lipinski definition) is 2. The molecule has 172 valence electrons. The molecule has 3 aromatic rings. The number of rotatable bonds is 4. The molecule has 0 spiro atoms. The highest BCUT2D eigenvalue weighted by Gasteiger charge is 2.40. The van der Waals surface area contributed by atoms with Crippen LogP contribution in [0.15, 0.2) is 36.5 Å². The number of halogens is 1. The first-order chi connectivity index (χ1) is 15.9. The lowest BCUT2D eigenvalue weighted by Gasteiger charge is -2.37. The molecule has 0 bridgehead atoms. The van der Waals surface area contributed by atoms with Crippen molar-refractivity contribution in [1.29, 1.82) is 0 Å². The van der Waals surface area contributed by atoms with E-state index in [9.17, 15) is 4.79 Å². The molecule has 4 nitrogen and oxygen atoms in total. The van der Waals surface area contributed by atoms with Gasteiger partial charge in [-0.1, -0.05) is 49.7 Å². The van der Waals surface area contributed by atoms with Gasteiger partial charge in [-0.2, -0.15) is 0 Å². The number of anilines is 1. The van der Waals surface area contributed by atoms with Gasteiger partial charge in [0.15, 0.2) is 0 Å². The van der Waals surface area contributed by atoms with Crippen LogP contribution in [0.25, 0.3) is 10.9 Å². The van der Waals surface area contributed by atoms with Crippen molar-refractivity contribution in [1.82, 2.24) is 9.88 Å². The first-order valence-corrected chi connectivity index (χ1v) is 12.7. The van der Waals surface area contributed by atoms with Crippen molar-refractivity contribution in [3.05, 3.63) is 63.8 Å². The molecule has 0 aliphatic carbocycles. The van der Waals surface area contributed by atoms with Gasteiger partial charge < -0.3 is 14.8 Å². The minimum absolute atomic E-state index is 0.0708. The standard InChI is InChI=1S/C28H32ClN3O/c1-28(2)16-25(33)32-13-9-20-14-18(15-23(28)27(20)32)6-10-31-11-7-19(8-12-31)22-17-30-26-21(22)4-3-5-24(26)29/h3-5,14-15,17,19,30H,6-13,16H2,1-2H3. The Morgan fingerprint density at radius 2 is 1.97 bits per heavy atom. The van der Waals surface area contributed by atoms with Crippen molar-refractivity contribution in [2.24, 2.45) is 0 Å². The number of nitrogens with zero attached hydrogens (tertiary/aromatic N) is 2. The number of amides is 1. The Balaban J connectivity index is 1.13. The van der Waals surface area contributed by atoms with E-state index in [1.165, 1.54) is 46.2 Å². The van der Waals surface area contributed by atoms with Crippen LogP contribution in [0, 0.1) is 0 Å². The predicted molar refractivity (Wildman–Crippen MR) is 136 cm³/mol. The van der Waals surface area contributed by atoms with E-state index in [1.54, 1.807) is 0 Å². The first-order valence-electron chi connectivity index (χ1n) is 12.4. The summed E-state index contributed by atoms with van der Waals surface area (Å²) in [5.74, 6) is 0.890. The summed E-state index contributed by atoms with van der Waals surface area (Å²) in [7, 11) is 0. The Morgan fingerprint density at radius 1 is 1.15 bits per heavy atom. The van der Waals surface area contributed by atoms with Crippen LogP contribution in [0.4, 0.5) is 5.69 Å². The van der Waals surface area contributed by atoms with Crippen LogP contribution >= 0.6 is 11.6 Å². The Bertz CT molecular complexity index is 1240. The third-order valence-corrected chi connectivity index (χ3v) is 8.50. The number of aromatic nitrogens is 1. The second kappa shape index (κ2) is 7.89. The van der Waals surface area contributed by atoms with Gasteiger partial charge in [-0.05, 0) is 73.0 Å². The molecule has 3 aliphatic heterocycles. The number of nitrogens with one attached hydrogen (secondary N) is 1. The van der Waals surface area contributed by atoms with Crippen LogP contribution in [0.5, 0.6) is 0 Å². The average molecular weight is 462 g/mol. The second-order valence-corrected chi connectivity index (χ2v) is 11.2. The zero-order valence-corrected chi connectivity index (χ0v) is 20.3. The molecular weight excluding hydrogens is 430 g/mol. The van der Waals surface area contributed by atoms with Crippen LogP contribution in [0.3, 0.4) is 0 Å².